The van der Waals surface area contributed by atoms with Gasteiger partial charge in [0.15, 0.2) is 5.82 Å². The van der Waals surface area contributed by atoms with Crippen LogP contribution < -0.4 is 11.5 Å². The maximum Gasteiger partial charge on any atom is 0.225 e. The summed E-state index contributed by atoms with van der Waals surface area (Å²) < 4.78 is 0. The molecule has 0 saturated heterocycles. The molecule has 0 bridgehead atoms. The smallest absolute Gasteiger partial charge is 0.225 e. The molecule has 0 radical (unpaired) electrons. The predicted molar refractivity (Wildman–Crippen MR) is 63.8 cm³/mol. The molecule has 2 aromatic rings. The van der Waals surface area contributed by atoms with Crippen LogP contribution in [-0.2, 0) is 0 Å². The first-order chi connectivity index (χ1) is 7.58. The van der Waals surface area contributed by atoms with Crippen LogP contribution in [0, 0.1) is 6.92 Å². The van der Waals surface area contributed by atoms with Gasteiger partial charge in [-0.25, -0.2) is 0 Å². The first kappa shape index (κ1) is 10.6. The van der Waals surface area contributed by atoms with Crippen LogP contribution in [0.3, 0.4) is 0 Å². The highest BCUT2D eigenvalue weighted by Crippen LogP contribution is 2.26. The highest BCUT2D eigenvalue weighted by atomic mass is 35.5. The van der Waals surface area contributed by atoms with Gasteiger partial charge in [0, 0.05) is 10.6 Å². The highest BCUT2D eigenvalue weighted by Gasteiger charge is 2.09. The Morgan fingerprint density at radius 3 is 2.31 bits per heavy atom. The number of aromatic nitrogens is 3. The molecule has 1 heterocycles. The number of halogens is 1. The Kier molecular flexibility index (Phi) is 2.62. The summed E-state index contributed by atoms with van der Waals surface area (Å²) in [6, 6.07) is 5.48. The second-order valence-corrected chi connectivity index (χ2v) is 3.70. The van der Waals surface area contributed by atoms with Crippen molar-refractivity contribution in [1.82, 2.24) is 15.0 Å². The van der Waals surface area contributed by atoms with Crippen LogP contribution in [0.5, 0.6) is 0 Å². The molecule has 0 spiro atoms. The summed E-state index contributed by atoms with van der Waals surface area (Å²) in [7, 11) is 0. The largest absolute Gasteiger partial charge is 0.368 e. The summed E-state index contributed by atoms with van der Waals surface area (Å²) >= 11 is 6.01. The molecule has 82 valence electrons. The van der Waals surface area contributed by atoms with Gasteiger partial charge in [0.1, 0.15) is 0 Å². The molecule has 6 heteroatoms. The van der Waals surface area contributed by atoms with Crippen molar-refractivity contribution in [1.29, 1.82) is 0 Å². The minimum atomic E-state index is 0.0990. The van der Waals surface area contributed by atoms with Gasteiger partial charge in [-0.15, -0.1) is 0 Å². The topological polar surface area (TPSA) is 90.7 Å². The van der Waals surface area contributed by atoms with E-state index in [-0.39, 0.29) is 11.9 Å². The monoisotopic (exact) mass is 235 g/mol. The van der Waals surface area contributed by atoms with E-state index < -0.39 is 0 Å². The molecular weight excluding hydrogens is 226 g/mol. The van der Waals surface area contributed by atoms with Crippen molar-refractivity contribution < 1.29 is 0 Å². The number of nitrogens with two attached hydrogens (primary N) is 2. The van der Waals surface area contributed by atoms with Gasteiger partial charge in [-0.3, -0.25) is 0 Å². The van der Waals surface area contributed by atoms with E-state index in [1.807, 2.05) is 19.1 Å². The second kappa shape index (κ2) is 3.94. The van der Waals surface area contributed by atoms with E-state index in [0.717, 1.165) is 11.1 Å². The zero-order valence-electron chi connectivity index (χ0n) is 8.61. The van der Waals surface area contributed by atoms with Crippen molar-refractivity contribution in [3.05, 3.63) is 28.8 Å². The zero-order valence-corrected chi connectivity index (χ0v) is 9.36. The molecule has 0 aliphatic heterocycles. The molecule has 0 unspecified atom stereocenters. The van der Waals surface area contributed by atoms with Crippen molar-refractivity contribution in [2.75, 3.05) is 11.5 Å². The third-order valence-electron chi connectivity index (χ3n) is 2.18. The van der Waals surface area contributed by atoms with Crippen molar-refractivity contribution in [2.24, 2.45) is 0 Å². The van der Waals surface area contributed by atoms with Crippen LogP contribution >= 0.6 is 11.6 Å². The fraction of sp³-hybridized carbons (Fsp3) is 0.100. The maximum atomic E-state index is 6.01. The van der Waals surface area contributed by atoms with Crippen LogP contribution in [-0.4, -0.2) is 15.0 Å². The van der Waals surface area contributed by atoms with E-state index in [0.29, 0.717) is 10.8 Å². The van der Waals surface area contributed by atoms with Crippen molar-refractivity contribution in [3.63, 3.8) is 0 Å². The summed E-state index contributed by atoms with van der Waals surface area (Å²) in [5.74, 6) is 0.633. The molecule has 0 saturated carbocycles. The predicted octanol–water partition coefficient (Wildman–Crippen LogP) is 1.66. The molecule has 0 aliphatic carbocycles. The molecule has 1 aromatic heterocycles. The minimum absolute atomic E-state index is 0.0990. The molecule has 4 N–H and O–H groups in total. The van der Waals surface area contributed by atoms with Crippen LogP contribution in [0.25, 0.3) is 11.4 Å². The lowest BCUT2D eigenvalue weighted by atomic mass is 10.1. The number of rotatable bonds is 1. The summed E-state index contributed by atoms with van der Waals surface area (Å²) in [4.78, 5) is 11.8. The fourth-order valence-electron chi connectivity index (χ4n) is 1.38. The first-order valence-corrected chi connectivity index (χ1v) is 4.98. The molecule has 0 fully saturated rings. The van der Waals surface area contributed by atoms with E-state index >= 15 is 0 Å². The van der Waals surface area contributed by atoms with Gasteiger partial charge in [-0.05, 0) is 18.6 Å². The number of anilines is 2. The fourth-order valence-corrected chi connectivity index (χ4v) is 1.55. The lowest BCUT2D eigenvalue weighted by molar-refractivity contribution is 1.08. The molecular formula is C10H10ClN5. The Morgan fingerprint density at radius 1 is 1.06 bits per heavy atom. The van der Waals surface area contributed by atoms with Gasteiger partial charge in [0.25, 0.3) is 0 Å². The molecule has 0 atom stereocenters. The van der Waals surface area contributed by atoms with Crippen molar-refractivity contribution >= 4 is 23.5 Å². The van der Waals surface area contributed by atoms with Crippen molar-refractivity contribution in [3.8, 4) is 11.4 Å². The third kappa shape index (κ3) is 1.90. The molecule has 0 amide bonds. The van der Waals surface area contributed by atoms with Gasteiger partial charge in [-0.1, -0.05) is 23.7 Å². The quantitative estimate of drug-likeness (QED) is 0.785. The van der Waals surface area contributed by atoms with Crippen molar-refractivity contribution in [2.45, 2.75) is 6.92 Å². The Morgan fingerprint density at radius 2 is 1.69 bits per heavy atom. The third-order valence-corrected chi connectivity index (χ3v) is 2.59. The Hall–Kier alpha value is -1.88. The van der Waals surface area contributed by atoms with Crippen LogP contribution in [0.15, 0.2) is 18.2 Å². The number of nitrogen functional groups attached to an aromatic ring is 2. The SMILES string of the molecule is Cc1c(Cl)cccc1-c1nc(N)nc(N)n1. The van der Waals surface area contributed by atoms with Crippen LogP contribution in [0.4, 0.5) is 11.9 Å². The molecule has 0 aliphatic rings. The van der Waals surface area contributed by atoms with E-state index in [2.05, 4.69) is 15.0 Å². The Labute approximate surface area is 97.5 Å². The summed E-state index contributed by atoms with van der Waals surface area (Å²) in [6.45, 7) is 1.88. The lowest BCUT2D eigenvalue weighted by Crippen LogP contribution is -2.04. The highest BCUT2D eigenvalue weighted by molar-refractivity contribution is 6.31. The molecule has 2 rings (SSSR count). The van der Waals surface area contributed by atoms with Crippen LogP contribution in [0.2, 0.25) is 5.02 Å². The molecule has 16 heavy (non-hydrogen) atoms. The minimum Gasteiger partial charge on any atom is -0.368 e. The average Bonchev–Trinajstić information content (AvgIpc) is 2.20. The molecule has 5 nitrogen and oxygen atoms in total. The summed E-state index contributed by atoms with van der Waals surface area (Å²) in [5.41, 5.74) is 12.7. The number of nitrogens with zero attached hydrogens (tertiary/aromatic N) is 3. The van der Waals surface area contributed by atoms with E-state index in [1.165, 1.54) is 0 Å². The maximum absolute atomic E-state index is 6.01. The number of hydrogen-bond donors (Lipinski definition) is 2. The molecule has 1 aromatic carbocycles. The Bertz CT molecular complexity index is 520. The van der Waals surface area contributed by atoms with Gasteiger partial charge in [0.05, 0.1) is 0 Å². The standard InChI is InChI=1S/C10H10ClN5/c1-5-6(3-2-4-7(5)11)8-14-9(12)16-10(13)15-8/h2-4H,1H3,(H4,12,13,14,15,16). The van der Waals surface area contributed by atoms with E-state index in [9.17, 15) is 0 Å². The lowest BCUT2D eigenvalue weighted by Gasteiger charge is -2.06. The van der Waals surface area contributed by atoms with Gasteiger partial charge in [0.2, 0.25) is 11.9 Å². The van der Waals surface area contributed by atoms with E-state index in [1.54, 1.807) is 6.07 Å². The van der Waals surface area contributed by atoms with Gasteiger partial charge < -0.3 is 11.5 Å². The summed E-state index contributed by atoms with van der Waals surface area (Å²) in [6.07, 6.45) is 0. The van der Waals surface area contributed by atoms with Crippen LogP contribution in [0.1, 0.15) is 5.56 Å². The van der Waals surface area contributed by atoms with E-state index in [4.69, 9.17) is 23.1 Å². The Balaban J connectivity index is 2.63. The summed E-state index contributed by atoms with van der Waals surface area (Å²) in [5, 5.41) is 0.648. The second-order valence-electron chi connectivity index (χ2n) is 3.29. The normalized spacial score (nSPS) is 10.4. The van der Waals surface area contributed by atoms with Gasteiger partial charge in [-0.2, -0.15) is 15.0 Å². The van der Waals surface area contributed by atoms with Gasteiger partial charge >= 0.3 is 0 Å². The average molecular weight is 236 g/mol. The number of hydrogen-bond acceptors (Lipinski definition) is 5. The first-order valence-electron chi connectivity index (χ1n) is 4.60. The zero-order chi connectivity index (χ0) is 11.7. The number of benzene rings is 1.